The van der Waals surface area contributed by atoms with Gasteiger partial charge < -0.3 is 10.1 Å². The number of aryl methyl sites for hydroxylation is 1. The SMILES string of the molecule is COc1ccc(Nc2cc(Br)nc(C)n2)cc1F. The number of anilines is 2. The van der Waals surface area contributed by atoms with E-state index in [0.29, 0.717) is 21.9 Å². The number of benzene rings is 1. The molecule has 0 spiro atoms. The first-order valence-electron chi connectivity index (χ1n) is 5.20. The zero-order chi connectivity index (χ0) is 13.1. The molecule has 0 radical (unpaired) electrons. The lowest BCUT2D eigenvalue weighted by atomic mass is 10.3. The molecular formula is C12H11BrFN3O. The van der Waals surface area contributed by atoms with Gasteiger partial charge in [0.1, 0.15) is 16.2 Å². The van der Waals surface area contributed by atoms with Gasteiger partial charge in [0, 0.05) is 17.8 Å². The van der Waals surface area contributed by atoms with Crippen molar-refractivity contribution < 1.29 is 9.13 Å². The Balaban J connectivity index is 2.25. The number of halogens is 2. The quantitative estimate of drug-likeness (QED) is 0.882. The molecule has 0 aliphatic carbocycles. The van der Waals surface area contributed by atoms with Crippen LogP contribution in [0.4, 0.5) is 15.9 Å². The number of ether oxygens (including phenoxy) is 1. The Bertz CT molecular complexity index is 557. The van der Waals surface area contributed by atoms with Gasteiger partial charge in [0.2, 0.25) is 0 Å². The highest BCUT2D eigenvalue weighted by Gasteiger charge is 2.05. The van der Waals surface area contributed by atoms with Crippen LogP contribution >= 0.6 is 15.9 Å². The Morgan fingerprint density at radius 1 is 1.28 bits per heavy atom. The van der Waals surface area contributed by atoms with Crippen molar-refractivity contribution in [3.8, 4) is 5.75 Å². The molecule has 1 aromatic heterocycles. The van der Waals surface area contributed by atoms with Crippen LogP contribution in [-0.4, -0.2) is 17.1 Å². The Hall–Kier alpha value is -1.69. The third-order valence-electron chi connectivity index (χ3n) is 2.23. The molecule has 18 heavy (non-hydrogen) atoms. The van der Waals surface area contributed by atoms with Crippen LogP contribution in [0.15, 0.2) is 28.9 Å². The summed E-state index contributed by atoms with van der Waals surface area (Å²) in [7, 11) is 1.43. The normalized spacial score (nSPS) is 10.2. The summed E-state index contributed by atoms with van der Waals surface area (Å²) in [5.41, 5.74) is 0.596. The topological polar surface area (TPSA) is 47.0 Å². The lowest BCUT2D eigenvalue weighted by Crippen LogP contribution is -1.98. The molecule has 0 saturated carbocycles. The summed E-state index contributed by atoms with van der Waals surface area (Å²) >= 11 is 3.28. The van der Waals surface area contributed by atoms with Crippen LogP contribution in [0.1, 0.15) is 5.82 Å². The summed E-state index contributed by atoms with van der Waals surface area (Å²) in [6, 6.07) is 6.34. The third kappa shape index (κ3) is 2.95. The summed E-state index contributed by atoms with van der Waals surface area (Å²) in [6.07, 6.45) is 0. The number of hydrogen-bond acceptors (Lipinski definition) is 4. The van der Waals surface area contributed by atoms with Crippen molar-refractivity contribution in [1.82, 2.24) is 9.97 Å². The van der Waals surface area contributed by atoms with E-state index in [0.717, 1.165) is 0 Å². The van der Waals surface area contributed by atoms with Crippen LogP contribution in [0.3, 0.4) is 0 Å². The van der Waals surface area contributed by atoms with Gasteiger partial charge in [-0.2, -0.15) is 0 Å². The van der Waals surface area contributed by atoms with E-state index in [1.165, 1.54) is 13.2 Å². The summed E-state index contributed by atoms with van der Waals surface area (Å²) in [4.78, 5) is 8.29. The zero-order valence-corrected chi connectivity index (χ0v) is 11.5. The lowest BCUT2D eigenvalue weighted by Gasteiger charge is -2.08. The molecule has 0 aliphatic heterocycles. The highest BCUT2D eigenvalue weighted by atomic mass is 79.9. The highest BCUT2D eigenvalue weighted by molar-refractivity contribution is 9.10. The van der Waals surface area contributed by atoms with Crippen molar-refractivity contribution in [3.05, 3.63) is 40.5 Å². The van der Waals surface area contributed by atoms with E-state index in [1.807, 2.05) is 0 Å². The van der Waals surface area contributed by atoms with Crippen molar-refractivity contribution in [2.24, 2.45) is 0 Å². The first-order chi connectivity index (χ1) is 8.58. The van der Waals surface area contributed by atoms with Crippen molar-refractivity contribution in [2.75, 3.05) is 12.4 Å². The van der Waals surface area contributed by atoms with Gasteiger partial charge in [0.15, 0.2) is 11.6 Å². The molecule has 1 heterocycles. The largest absolute Gasteiger partial charge is 0.494 e. The summed E-state index contributed by atoms with van der Waals surface area (Å²) in [6.45, 7) is 1.78. The Morgan fingerprint density at radius 2 is 2.06 bits per heavy atom. The van der Waals surface area contributed by atoms with Gasteiger partial charge in [0.05, 0.1) is 7.11 Å². The molecule has 4 nitrogen and oxygen atoms in total. The minimum Gasteiger partial charge on any atom is -0.494 e. The average molecular weight is 312 g/mol. The molecule has 0 unspecified atom stereocenters. The fourth-order valence-electron chi connectivity index (χ4n) is 1.49. The van der Waals surface area contributed by atoms with Gasteiger partial charge in [-0.15, -0.1) is 0 Å². The molecule has 1 aromatic carbocycles. The monoisotopic (exact) mass is 311 g/mol. The van der Waals surface area contributed by atoms with Crippen molar-refractivity contribution >= 4 is 27.4 Å². The van der Waals surface area contributed by atoms with E-state index in [-0.39, 0.29) is 5.75 Å². The van der Waals surface area contributed by atoms with Gasteiger partial charge in [-0.3, -0.25) is 0 Å². The number of hydrogen-bond donors (Lipinski definition) is 1. The Morgan fingerprint density at radius 3 is 2.67 bits per heavy atom. The van der Waals surface area contributed by atoms with E-state index in [9.17, 15) is 4.39 Å². The van der Waals surface area contributed by atoms with E-state index in [2.05, 4.69) is 31.2 Å². The van der Waals surface area contributed by atoms with Crippen LogP contribution < -0.4 is 10.1 Å². The molecule has 2 rings (SSSR count). The molecule has 0 atom stereocenters. The Kier molecular flexibility index (Phi) is 3.76. The van der Waals surface area contributed by atoms with Crippen LogP contribution in [-0.2, 0) is 0 Å². The van der Waals surface area contributed by atoms with E-state index >= 15 is 0 Å². The maximum Gasteiger partial charge on any atom is 0.167 e. The molecule has 0 fully saturated rings. The first-order valence-corrected chi connectivity index (χ1v) is 5.99. The van der Waals surface area contributed by atoms with Crippen LogP contribution in [0.2, 0.25) is 0 Å². The lowest BCUT2D eigenvalue weighted by molar-refractivity contribution is 0.386. The molecule has 6 heteroatoms. The highest BCUT2D eigenvalue weighted by Crippen LogP contribution is 2.23. The molecule has 0 saturated heterocycles. The number of methoxy groups -OCH3 is 1. The van der Waals surface area contributed by atoms with Gasteiger partial charge in [-0.25, -0.2) is 14.4 Å². The predicted octanol–water partition coefficient (Wildman–Crippen LogP) is 3.44. The molecule has 0 bridgehead atoms. The van der Waals surface area contributed by atoms with Crippen molar-refractivity contribution in [3.63, 3.8) is 0 Å². The minimum atomic E-state index is -0.424. The molecule has 1 N–H and O–H groups in total. The fraction of sp³-hybridized carbons (Fsp3) is 0.167. The van der Waals surface area contributed by atoms with E-state index < -0.39 is 5.82 Å². The minimum absolute atomic E-state index is 0.209. The standard InChI is InChI=1S/C12H11BrFN3O/c1-7-15-11(13)6-12(16-7)17-8-3-4-10(18-2)9(14)5-8/h3-6H,1-2H3,(H,15,16,17). The van der Waals surface area contributed by atoms with Crippen LogP contribution in [0, 0.1) is 12.7 Å². The molecular weight excluding hydrogens is 301 g/mol. The maximum atomic E-state index is 13.5. The predicted molar refractivity (Wildman–Crippen MR) is 70.7 cm³/mol. The van der Waals surface area contributed by atoms with E-state index in [4.69, 9.17) is 4.74 Å². The zero-order valence-electron chi connectivity index (χ0n) is 9.87. The van der Waals surface area contributed by atoms with Gasteiger partial charge in [-0.05, 0) is 35.0 Å². The summed E-state index contributed by atoms with van der Waals surface area (Å²) in [5.74, 6) is 1.01. The third-order valence-corrected chi connectivity index (χ3v) is 2.64. The molecule has 0 aliphatic rings. The van der Waals surface area contributed by atoms with Crippen molar-refractivity contribution in [2.45, 2.75) is 6.92 Å². The summed E-state index contributed by atoms with van der Waals surface area (Å²) in [5, 5.41) is 3.00. The molecule has 0 amide bonds. The van der Waals surface area contributed by atoms with E-state index in [1.54, 1.807) is 25.1 Å². The first kappa shape index (κ1) is 12.8. The number of nitrogens with one attached hydrogen (secondary N) is 1. The van der Waals surface area contributed by atoms with Crippen LogP contribution in [0.25, 0.3) is 0 Å². The number of rotatable bonds is 3. The second kappa shape index (κ2) is 5.30. The van der Waals surface area contributed by atoms with Crippen molar-refractivity contribution in [1.29, 1.82) is 0 Å². The average Bonchev–Trinajstić information content (AvgIpc) is 2.27. The van der Waals surface area contributed by atoms with Gasteiger partial charge in [0.25, 0.3) is 0 Å². The molecule has 2 aromatic rings. The second-order valence-corrected chi connectivity index (χ2v) is 4.41. The second-order valence-electron chi connectivity index (χ2n) is 3.60. The summed E-state index contributed by atoms with van der Waals surface area (Å²) < 4.78 is 19.0. The van der Waals surface area contributed by atoms with Gasteiger partial charge in [-0.1, -0.05) is 0 Å². The fourth-order valence-corrected chi connectivity index (χ4v) is 1.96. The Labute approximate surface area is 112 Å². The number of nitrogens with zero attached hydrogens (tertiary/aromatic N) is 2. The van der Waals surface area contributed by atoms with Crippen LogP contribution in [0.5, 0.6) is 5.75 Å². The van der Waals surface area contributed by atoms with Gasteiger partial charge >= 0.3 is 0 Å². The maximum absolute atomic E-state index is 13.5. The number of aromatic nitrogens is 2. The smallest absolute Gasteiger partial charge is 0.167 e. The molecule has 94 valence electrons.